The highest BCUT2D eigenvalue weighted by Crippen LogP contribution is 2.33. The zero-order valence-corrected chi connectivity index (χ0v) is 13.0. The van der Waals surface area contributed by atoms with Crippen LogP contribution in [0.1, 0.15) is 24.2 Å². The fraction of sp³-hybridized carbons (Fsp3) is 0.385. The summed E-state index contributed by atoms with van der Waals surface area (Å²) in [5.74, 6) is -0.770. The lowest BCUT2D eigenvalue weighted by molar-refractivity contribution is -0.384. The third-order valence-corrected chi connectivity index (χ3v) is 3.63. The number of nitriles is 1. The summed E-state index contributed by atoms with van der Waals surface area (Å²) in [6.07, 6.45) is 0. The van der Waals surface area contributed by atoms with Crippen molar-refractivity contribution in [2.24, 2.45) is 5.92 Å². The van der Waals surface area contributed by atoms with Crippen LogP contribution < -0.4 is 0 Å². The van der Waals surface area contributed by atoms with Crippen molar-refractivity contribution in [3.8, 4) is 6.07 Å². The monoisotopic (exact) mass is 329 g/mol. The molecule has 1 aromatic rings. The number of nitro benzene ring substituents is 1. The minimum absolute atomic E-state index is 0.0569. The first-order valence-electron chi connectivity index (χ1n) is 6.14. The van der Waals surface area contributed by atoms with Crippen LogP contribution in [-0.2, 0) is 0 Å². The Morgan fingerprint density at radius 3 is 2.62 bits per heavy atom. The normalized spacial score (nSPS) is 11.6. The Hall–Kier alpha value is -1.84. The molecule has 0 aliphatic carbocycles. The zero-order valence-electron chi connectivity index (χ0n) is 11.5. The quantitative estimate of drug-likeness (QED) is 0.610. The van der Waals surface area contributed by atoms with E-state index in [1.54, 1.807) is 13.8 Å². The molecule has 0 saturated carbocycles. The van der Waals surface area contributed by atoms with E-state index < -0.39 is 16.5 Å². The molecule has 1 unspecified atom stereocenters. The molecule has 0 radical (unpaired) electrons. The van der Waals surface area contributed by atoms with Gasteiger partial charge in [-0.15, -0.1) is 0 Å². The SMILES string of the molecule is CCN(CC(C)C#N)C(=O)c1cc(Cl)c(Cl)c([N+](=O)[O-])c1. The molecule has 1 rings (SSSR count). The predicted octanol–water partition coefficient (Wildman–Crippen LogP) is 3.52. The number of nitro groups is 1. The van der Waals surface area contributed by atoms with Crippen LogP contribution in [0.3, 0.4) is 0 Å². The van der Waals surface area contributed by atoms with Gasteiger partial charge >= 0.3 is 0 Å². The minimum Gasteiger partial charge on any atom is -0.338 e. The topological polar surface area (TPSA) is 87.2 Å². The summed E-state index contributed by atoms with van der Waals surface area (Å²) in [4.78, 5) is 24.0. The van der Waals surface area contributed by atoms with Crippen molar-refractivity contribution in [3.05, 3.63) is 37.9 Å². The summed E-state index contributed by atoms with van der Waals surface area (Å²) in [5.41, 5.74) is -0.347. The Kier molecular flexibility index (Phi) is 5.94. The number of halogens is 2. The van der Waals surface area contributed by atoms with Crippen molar-refractivity contribution in [1.82, 2.24) is 4.90 Å². The van der Waals surface area contributed by atoms with E-state index in [0.29, 0.717) is 6.54 Å². The lowest BCUT2D eigenvalue weighted by atomic mass is 10.1. The molecule has 0 saturated heterocycles. The number of rotatable bonds is 5. The number of hydrogen-bond acceptors (Lipinski definition) is 4. The number of hydrogen-bond donors (Lipinski definition) is 0. The molecule has 0 spiro atoms. The van der Waals surface area contributed by atoms with E-state index in [1.807, 2.05) is 6.07 Å². The molecule has 0 heterocycles. The standard InChI is InChI=1S/C13H13Cl2N3O3/c1-3-17(7-8(2)6-16)13(19)9-4-10(14)12(15)11(5-9)18(20)21/h4-5,8H,3,7H2,1-2H3. The van der Waals surface area contributed by atoms with Gasteiger partial charge in [-0.3, -0.25) is 14.9 Å². The van der Waals surface area contributed by atoms with Crippen molar-refractivity contribution in [2.45, 2.75) is 13.8 Å². The summed E-state index contributed by atoms with van der Waals surface area (Å²) < 4.78 is 0. The first kappa shape index (κ1) is 17.2. The zero-order chi connectivity index (χ0) is 16.2. The van der Waals surface area contributed by atoms with Crippen LogP contribution in [-0.4, -0.2) is 28.8 Å². The molecule has 8 heteroatoms. The van der Waals surface area contributed by atoms with Gasteiger partial charge in [0.25, 0.3) is 11.6 Å². The average molecular weight is 330 g/mol. The van der Waals surface area contributed by atoms with Crippen molar-refractivity contribution in [2.75, 3.05) is 13.1 Å². The lowest BCUT2D eigenvalue weighted by Gasteiger charge is -2.22. The molecule has 1 amide bonds. The average Bonchev–Trinajstić information content (AvgIpc) is 2.45. The van der Waals surface area contributed by atoms with Gasteiger partial charge in [-0.05, 0) is 19.9 Å². The van der Waals surface area contributed by atoms with Gasteiger partial charge in [0, 0.05) is 24.7 Å². The van der Waals surface area contributed by atoms with Crippen molar-refractivity contribution < 1.29 is 9.72 Å². The highest BCUT2D eigenvalue weighted by molar-refractivity contribution is 6.43. The highest BCUT2D eigenvalue weighted by atomic mass is 35.5. The van der Waals surface area contributed by atoms with Crippen molar-refractivity contribution in [3.63, 3.8) is 0 Å². The number of carbonyl (C=O) groups is 1. The predicted molar refractivity (Wildman–Crippen MR) is 79.5 cm³/mol. The fourth-order valence-electron chi connectivity index (χ4n) is 1.74. The van der Waals surface area contributed by atoms with Gasteiger partial charge in [-0.1, -0.05) is 23.2 Å². The summed E-state index contributed by atoms with van der Waals surface area (Å²) in [5, 5.41) is 19.5. The van der Waals surface area contributed by atoms with Gasteiger partial charge in [-0.25, -0.2) is 0 Å². The largest absolute Gasteiger partial charge is 0.338 e. The van der Waals surface area contributed by atoms with E-state index in [4.69, 9.17) is 28.5 Å². The molecular weight excluding hydrogens is 317 g/mol. The maximum absolute atomic E-state index is 12.4. The molecule has 0 fully saturated rings. The summed E-state index contributed by atoms with van der Waals surface area (Å²) in [6.45, 7) is 4.06. The van der Waals surface area contributed by atoms with Crippen LogP contribution in [0.15, 0.2) is 12.1 Å². The third kappa shape index (κ3) is 4.06. The number of benzene rings is 1. The molecule has 0 bridgehead atoms. The smallest absolute Gasteiger partial charge is 0.290 e. The van der Waals surface area contributed by atoms with Gasteiger partial charge in [0.1, 0.15) is 5.02 Å². The first-order chi connectivity index (χ1) is 9.81. The van der Waals surface area contributed by atoms with E-state index in [9.17, 15) is 14.9 Å². The lowest BCUT2D eigenvalue weighted by Crippen LogP contribution is -2.34. The van der Waals surface area contributed by atoms with Gasteiger partial charge < -0.3 is 4.90 Å². The van der Waals surface area contributed by atoms with Gasteiger partial charge in [0.2, 0.25) is 0 Å². The Labute approximate surface area is 132 Å². The molecular formula is C13H13Cl2N3O3. The number of nitrogens with zero attached hydrogens (tertiary/aromatic N) is 3. The number of carbonyl (C=O) groups excluding carboxylic acids is 1. The molecule has 6 nitrogen and oxygen atoms in total. The second-order valence-electron chi connectivity index (χ2n) is 4.42. The van der Waals surface area contributed by atoms with E-state index >= 15 is 0 Å². The Bertz CT molecular complexity index is 613. The molecule has 1 atom stereocenters. The molecule has 112 valence electrons. The molecule has 0 aliphatic heterocycles. The second kappa shape index (κ2) is 7.25. The van der Waals surface area contributed by atoms with Gasteiger partial charge in [0.15, 0.2) is 0 Å². The van der Waals surface area contributed by atoms with E-state index in [1.165, 1.54) is 11.0 Å². The Morgan fingerprint density at radius 1 is 1.52 bits per heavy atom. The van der Waals surface area contributed by atoms with Gasteiger partial charge in [-0.2, -0.15) is 5.26 Å². The molecule has 0 aliphatic rings. The van der Waals surface area contributed by atoms with Gasteiger partial charge in [0.05, 0.1) is 21.9 Å². The van der Waals surface area contributed by atoms with Crippen LogP contribution in [0.4, 0.5) is 5.69 Å². The molecule has 0 N–H and O–H groups in total. The second-order valence-corrected chi connectivity index (χ2v) is 5.21. The summed E-state index contributed by atoms with van der Waals surface area (Å²) in [6, 6.07) is 4.42. The van der Waals surface area contributed by atoms with Crippen LogP contribution in [0, 0.1) is 27.4 Å². The van der Waals surface area contributed by atoms with Crippen molar-refractivity contribution in [1.29, 1.82) is 5.26 Å². The fourth-order valence-corrected chi connectivity index (χ4v) is 2.13. The molecule has 1 aromatic carbocycles. The highest BCUT2D eigenvalue weighted by Gasteiger charge is 2.23. The van der Waals surface area contributed by atoms with Crippen molar-refractivity contribution >= 4 is 34.8 Å². The maximum atomic E-state index is 12.4. The summed E-state index contributed by atoms with van der Waals surface area (Å²) in [7, 11) is 0. The van der Waals surface area contributed by atoms with Crippen LogP contribution in [0.2, 0.25) is 10.0 Å². The third-order valence-electron chi connectivity index (χ3n) is 2.84. The van der Waals surface area contributed by atoms with E-state index in [2.05, 4.69) is 0 Å². The minimum atomic E-state index is -0.695. The Morgan fingerprint density at radius 2 is 2.14 bits per heavy atom. The van der Waals surface area contributed by atoms with E-state index in [0.717, 1.165) is 6.07 Å². The van der Waals surface area contributed by atoms with E-state index in [-0.39, 0.29) is 28.1 Å². The molecule has 0 aromatic heterocycles. The van der Waals surface area contributed by atoms with Crippen LogP contribution >= 0.6 is 23.2 Å². The molecule has 21 heavy (non-hydrogen) atoms. The Balaban J connectivity index is 3.18. The maximum Gasteiger partial charge on any atom is 0.290 e. The van der Waals surface area contributed by atoms with Crippen LogP contribution in [0.25, 0.3) is 0 Å². The number of amides is 1. The summed E-state index contributed by atoms with van der Waals surface area (Å²) >= 11 is 11.6. The van der Waals surface area contributed by atoms with Crippen LogP contribution in [0.5, 0.6) is 0 Å². The first-order valence-corrected chi connectivity index (χ1v) is 6.89.